The fourth-order valence-corrected chi connectivity index (χ4v) is 1.54. The number of benzene rings is 1. The quantitative estimate of drug-likeness (QED) is 0.448. The highest BCUT2D eigenvalue weighted by molar-refractivity contribution is 5.95. The largest absolute Gasteiger partial charge is 0.287 e. The van der Waals surface area contributed by atoms with Gasteiger partial charge >= 0.3 is 0 Å². The van der Waals surface area contributed by atoms with Gasteiger partial charge in [0.05, 0.1) is 23.1 Å². The molecular formula is C11H9N5O. The van der Waals surface area contributed by atoms with Gasteiger partial charge in [-0.15, -0.1) is 0 Å². The van der Waals surface area contributed by atoms with Crippen LogP contribution in [-0.2, 0) is 0 Å². The zero-order valence-corrected chi connectivity index (χ0v) is 9.11. The first-order valence-corrected chi connectivity index (χ1v) is 4.93. The molecule has 84 valence electrons. The molecule has 17 heavy (non-hydrogen) atoms. The van der Waals surface area contributed by atoms with Crippen molar-refractivity contribution in [3.05, 3.63) is 58.2 Å². The summed E-state index contributed by atoms with van der Waals surface area (Å²) in [5.41, 5.74) is 10.0. The Kier molecular flexibility index (Phi) is 2.89. The van der Waals surface area contributed by atoms with E-state index < -0.39 is 5.91 Å². The molecule has 1 aromatic carbocycles. The minimum Gasteiger partial charge on any atom is -0.287 e. The van der Waals surface area contributed by atoms with E-state index in [1.807, 2.05) is 30.3 Å². The first kappa shape index (κ1) is 10.9. The van der Waals surface area contributed by atoms with Gasteiger partial charge in [-0.05, 0) is 29.7 Å². The number of hydrogen-bond donors (Lipinski definition) is 0. The molecule has 0 spiro atoms. The zero-order chi connectivity index (χ0) is 12.3. The van der Waals surface area contributed by atoms with Crippen LogP contribution in [0.2, 0.25) is 0 Å². The minimum atomic E-state index is -0.618. The molecule has 6 heteroatoms. The van der Waals surface area contributed by atoms with Crippen molar-refractivity contribution in [2.45, 2.75) is 6.92 Å². The Balaban J connectivity index is 2.47. The van der Waals surface area contributed by atoms with Crippen molar-refractivity contribution in [3.8, 4) is 5.69 Å². The van der Waals surface area contributed by atoms with Crippen molar-refractivity contribution in [2.24, 2.45) is 5.11 Å². The number of rotatable bonds is 2. The summed E-state index contributed by atoms with van der Waals surface area (Å²) in [6.45, 7) is 1.75. The molecule has 0 unspecified atom stereocenters. The summed E-state index contributed by atoms with van der Waals surface area (Å²) in [7, 11) is 0. The van der Waals surface area contributed by atoms with E-state index in [0.29, 0.717) is 11.3 Å². The molecule has 0 saturated heterocycles. The van der Waals surface area contributed by atoms with Gasteiger partial charge < -0.3 is 0 Å². The normalized spacial score (nSPS) is 9.71. The van der Waals surface area contributed by atoms with Crippen LogP contribution >= 0.6 is 0 Å². The second kappa shape index (κ2) is 4.51. The maximum absolute atomic E-state index is 11.4. The van der Waals surface area contributed by atoms with Crippen molar-refractivity contribution in [2.75, 3.05) is 0 Å². The Hall–Kier alpha value is -2.59. The molecule has 0 atom stereocenters. The highest BCUT2D eigenvalue weighted by Crippen LogP contribution is 2.14. The van der Waals surface area contributed by atoms with E-state index >= 15 is 0 Å². The van der Waals surface area contributed by atoms with Gasteiger partial charge in [-0.25, -0.2) is 4.68 Å². The van der Waals surface area contributed by atoms with Crippen LogP contribution in [0.1, 0.15) is 16.1 Å². The Morgan fingerprint density at radius 1 is 1.41 bits per heavy atom. The molecule has 0 aliphatic rings. The number of amides is 1. The number of azide groups is 1. The Labute approximate surface area is 97.1 Å². The third-order valence-electron chi connectivity index (χ3n) is 2.38. The van der Waals surface area contributed by atoms with Gasteiger partial charge in [0, 0.05) is 4.91 Å². The maximum atomic E-state index is 11.4. The summed E-state index contributed by atoms with van der Waals surface area (Å²) in [5, 5.41) is 7.15. The fourth-order valence-electron chi connectivity index (χ4n) is 1.54. The number of para-hydroxylation sites is 1. The summed E-state index contributed by atoms with van der Waals surface area (Å²) < 4.78 is 1.63. The first-order chi connectivity index (χ1) is 8.24. The van der Waals surface area contributed by atoms with Gasteiger partial charge in [-0.3, -0.25) is 4.79 Å². The second-order valence-corrected chi connectivity index (χ2v) is 3.39. The predicted octanol–water partition coefficient (Wildman–Crippen LogP) is 2.63. The Morgan fingerprint density at radius 2 is 2.12 bits per heavy atom. The van der Waals surface area contributed by atoms with E-state index in [-0.39, 0.29) is 0 Å². The van der Waals surface area contributed by atoms with E-state index in [0.717, 1.165) is 5.69 Å². The number of nitrogens with zero attached hydrogens (tertiary/aromatic N) is 5. The van der Waals surface area contributed by atoms with Crippen LogP contribution in [0.5, 0.6) is 0 Å². The van der Waals surface area contributed by atoms with Crippen molar-refractivity contribution in [1.82, 2.24) is 9.78 Å². The molecule has 0 bridgehead atoms. The molecule has 1 amide bonds. The molecule has 0 radical (unpaired) electrons. The van der Waals surface area contributed by atoms with Crippen LogP contribution in [0.25, 0.3) is 16.1 Å². The van der Waals surface area contributed by atoms with Crippen LogP contribution in [0.4, 0.5) is 0 Å². The lowest BCUT2D eigenvalue weighted by molar-refractivity contribution is 0.1000. The van der Waals surface area contributed by atoms with Crippen LogP contribution in [-0.4, -0.2) is 15.7 Å². The molecule has 6 nitrogen and oxygen atoms in total. The number of carbonyl (C=O) groups is 1. The summed E-state index contributed by atoms with van der Waals surface area (Å²) in [4.78, 5) is 13.9. The standard InChI is InChI=1S/C11H9N5O/c1-8-10(11(17)14-15-12)7-13-16(8)9-5-3-2-4-6-9/h2-7H,1H3. The lowest BCUT2D eigenvalue weighted by Crippen LogP contribution is -2.01. The molecule has 2 rings (SSSR count). The minimum absolute atomic E-state index is 0.312. The molecule has 0 aliphatic carbocycles. The average Bonchev–Trinajstić information content (AvgIpc) is 2.72. The summed E-state index contributed by atoms with van der Waals surface area (Å²) >= 11 is 0. The number of hydrogen-bond acceptors (Lipinski definition) is 2. The van der Waals surface area contributed by atoms with E-state index in [1.54, 1.807) is 11.6 Å². The van der Waals surface area contributed by atoms with Gasteiger partial charge in [-0.1, -0.05) is 18.2 Å². The fraction of sp³-hybridized carbons (Fsp3) is 0.0909. The summed E-state index contributed by atoms with van der Waals surface area (Å²) in [6, 6.07) is 9.41. The molecule has 0 fully saturated rings. The maximum Gasteiger partial charge on any atom is 0.252 e. The van der Waals surface area contributed by atoms with E-state index in [1.165, 1.54) is 6.20 Å². The third-order valence-corrected chi connectivity index (χ3v) is 2.38. The van der Waals surface area contributed by atoms with Crippen LogP contribution in [0, 0.1) is 6.92 Å². The van der Waals surface area contributed by atoms with Crippen LogP contribution < -0.4 is 0 Å². The smallest absolute Gasteiger partial charge is 0.252 e. The van der Waals surface area contributed by atoms with Gasteiger partial charge in [0.15, 0.2) is 0 Å². The van der Waals surface area contributed by atoms with Gasteiger partial charge in [-0.2, -0.15) is 5.10 Å². The zero-order valence-electron chi connectivity index (χ0n) is 9.11. The summed E-state index contributed by atoms with van der Waals surface area (Å²) in [6.07, 6.45) is 1.40. The summed E-state index contributed by atoms with van der Waals surface area (Å²) in [5.74, 6) is -0.618. The van der Waals surface area contributed by atoms with E-state index in [9.17, 15) is 4.79 Å². The van der Waals surface area contributed by atoms with E-state index in [2.05, 4.69) is 15.1 Å². The number of aromatic nitrogens is 2. The molecule has 0 N–H and O–H groups in total. The Bertz CT molecular complexity index is 596. The highest BCUT2D eigenvalue weighted by Gasteiger charge is 2.13. The topological polar surface area (TPSA) is 83.7 Å². The van der Waals surface area contributed by atoms with Gasteiger partial charge in [0.2, 0.25) is 0 Å². The van der Waals surface area contributed by atoms with Gasteiger partial charge in [0.25, 0.3) is 5.91 Å². The molecule has 0 aliphatic heterocycles. The average molecular weight is 227 g/mol. The predicted molar refractivity (Wildman–Crippen MR) is 61.8 cm³/mol. The van der Waals surface area contributed by atoms with Crippen molar-refractivity contribution < 1.29 is 4.79 Å². The molecular weight excluding hydrogens is 218 g/mol. The van der Waals surface area contributed by atoms with Crippen molar-refractivity contribution >= 4 is 5.91 Å². The highest BCUT2D eigenvalue weighted by atomic mass is 16.1. The number of carbonyl (C=O) groups excluding carboxylic acids is 1. The lowest BCUT2D eigenvalue weighted by Gasteiger charge is -2.03. The van der Waals surface area contributed by atoms with Crippen LogP contribution in [0.15, 0.2) is 41.6 Å². The van der Waals surface area contributed by atoms with Crippen LogP contribution in [0.3, 0.4) is 0 Å². The molecule has 2 aromatic rings. The molecule has 0 saturated carbocycles. The SMILES string of the molecule is Cc1c(C(=O)N=[N+]=[N-])cnn1-c1ccccc1. The monoisotopic (exact) mass is 227 g/mol. The molecule has 1 aromatic heterocycles. The molecule has 1 heterocycles. The van der Waals surface area contributed by atoms with Crippen molar-refractivity contribution in [1.29, 1.82) is 0 Å². The van der Waals surface area contributed by atoms with E-state index in [4.69, 9.17) is 5.53 Å². The first-order valence-electron chi connectivity index (χ1n) is 4.93. The lowest BCUT2D eigenvalue weighted by atomic mass is 10.2. The third kappa shape index (κ3) is 2.02. The van der Waals surface area contributed by atoms with Gasteiger partial charge in [0.1, 0.15) is 0 Å². The van der Waals surface area contributed by atoms with Crippen molar-refractivity contribution in [3.63, 3.8) is 0 Å². The second-order valence-electron chi connectivity index (χ2n) is 3.39. The Morgan fingerprint density at radius 3 is 2.76 bits per heavy atom.